The molecule has 0 radical (unpaired) electrons. The van der Waals surface area contributed by atoms with E-state index in [1.54, 1.807) is 0 Å². The number of allylic oxidation sites excluding steroid dienone is 3. The monoisotopic (exact) mass is 501 g/mol. The lowest BCUT2D eigenvalue weighted by Crippen LogP contribution is -2.51. The Bertz CT molecular complexity index is 1220. The fourth-order valence-electron chi connectivity index (χ4n) is 9.90. The molecule has 3 aliphatic heterocycles. The fraction of sp³-hybridized carbons (Fsp3) is 0.594. The molecule has 2 amide bonds. The Morgan fingerprint density at radius 2 is 1.76 bits per heavy atom. The standard InChI is InChI=1S/C32H39NO4/c1-7-31(5)15-18(4)24-23-26(31)27(34)22-21(29(35)33-30(22)36)13-19-8-10-20(11-9-19)37-28(23)25-17(3)12-16(2)14-32(24,25)6/h7-11,15-17,21-26,28H,1,12-14H2,2-6H3,(H,33,35,36)/t16-,17?,21?,22-,23?,24?,25?,26+,28?,31+,32+/m1/s1. The van der Waals surface area contributed by atoms with E-state index < -0.39 is 29.1 Å². The molecule has 5 heteroatoms. The van der Waals surface area contributed by atoms with E-state index in [1.165, 1.54) is 5.57 Å². The van der Waals surface area contributed by atoms with Crippen LogP contribution in [0.3, 0.4) is 0 Å². The van der Waals surface area contributed by atoms with Crippen LogP contribution in [-0.2, 0) is 20.8 Å². The van der Waals surface area contributed by atoms with Crippen LogP contribution >= 0.6 is 0 Å². The van der Waals surface area contributed by atoms with Crippen LogP contribution in [0.15, 0.2) is 48.6 Å². The number of carbonyl (C=O) groups excluding carboxylic acids is 3. The van der Waals surface area contributed by atoms with E-state index in [1.807, 2.05) is 30.3 Å². The van der Waals surface area contributed by atoms with Crippen molar-refractivity contribution < 1.29 is 19.1 Å². The third-order valence-corrected chi connectivity index (χ3v) is 10.8. The first-order valence-corrected chi connectivity index (χ1v) is 14.0. The summed E-state index contributed by atoms with van der Waals surface area (Å²) in [5.74, 6) is -0.911. The molecule has 11 atom stereocenters. The summed E-state index contributed by atoms with van der Waals surface area (Å²) < 4.78 is 6.95. The van der Waals surface area contributed by atoms with Gasteiger partial charge in [0.1, 0.15) is 17.8 Å². The normalized spacial score (nSPS) is 46.5. The number of ether oxygens (including phenoxy) is 1. The van der Waals surface area contributed by atoms with E-state index in [4.69, 9.17) is 4.74 Å². The van der Waals surface area contributed by atoms with Crippen LogP contribution in [0.4, 0.5) is 0 Å². The van der Waals surface area contributed by atoms with Crippen molar-refractivity contribution >= 4 is 17.6 Å². The second kappa shape index (κ2) is 8.15. The maximum Gasteiger partial charge on any atom is 0.237 e. The summed E-state index contributed by atoms with van der Waals surface area (Å²) in [6, 6.07) is 7.95. The van der Waals surface area contributed by atoms with E-state index in [9.17, 15) is 14.4 Å². The molecule has 7 rings (SSSR count). The van der Waals surface area contributed by atoms with Gasteiger partial charge in [-0.2, -0.15) is 0 Å². The molecule has 0 aromatic heterocycles. The van der Waals surface area contributed by atoms with Crippen molar-refractivity contribution in [1.29, 1.82) is 0 Å². The fourth-order valence-corrected chi connectivity index (χ4v) is 9.90. The zero-order chi connectivity index (χ0) is 26.4. The molecule has 5 nitrogen and oxygen atoms in total. The van der Waals surface area contributed by atoms with Crippen molar-refractivity contribution in [2.75, 3.05) is 0 Å². The number of ketones is 1. The van der Waals surface area contributed by atoms with Crippen LogP contribution in [0.25, 0.3) is 0 Å². The average Bonchev–Trinajstić information content (AvgIpc) is 3.23. The van der Waals surface area contributed by atoms with Gasteiger partial charge in [-0.25, -0.2) is 0 Å². The average molecular weight is 502 g/mol. The van der Waals surface area contributed by atoms with Gasteiger partial charge in [0.25, 0.3) is 0 Å². The highest BCUT2D eigenvalue weighted by atomic mass is 16.5. The molecule has 1 saturated heterocycles. The summed E-state index contributed by atoms with van der Waals surface area (Å²) in [6.07, 6.45) is 6.53. The molecule has 3 fully saturated rings. The predicted octanol–water partition coefficient (Wildman–Crippen LogP) is 5.15. The van der Waals surface area contributed by atoms with Crippen LogP contribution in [0.5, 0.6) is 5.75 Å². The molecule has 1 N–H and O–H groups in total. The summed E-state index contributed by atoms with van der Waals surface area (Å²) in [6.45, 7) is 15.6. The molecule has 3 heterocycles. The van der Waals surface area contributed by atoms with E-state index in [-0.39, 0.29) is 41.0 Å². The lowest BCUT2D eigenvalue weighted by atomic mass is 9.53. The highest BCUT2D eigenvalue weighted by molar-refractivity contribution is 6.16. The Balaban J connectivity index is 1.61. The molecule has 6 aliphatic rings. The Kier molecular flexibility index (Phi) is 5.43. The Hall–Kier alpha value is -2.69. The minimum Gasteiger partial charge on any atom is -0.490 e. The number of hydrogen-bond donors (Lipinski definition) is 1. The minimum atomic E-state index is -0.990. The smallest absolute Gasteiger partial charge is 0.237 e. The predicted molar refractivity (Wildman–Crippen MR) is 141 cm³/mol. The summed E-state index contributed by atoms with van der Waals surface area (Å²) in [5, 5.41) is 2.49. The van der Waals surface area contributed by atoms with Gasteiger partial charge >= 0.3 is 0 Å². The molecule has 196 valence electrons. The summed E-state index contributed by atoms with van der Waals surface area (Å²) in [5.41, 5.74) is 1.56. The van der Waals surface area contributed by atoms with E-state index in [0.717, 1.165) is 24.2 Å². The SMILES string of the molecule is C=C[C@@]1(C)C=C(C)C2C3C(Oc4ccc(cc4)CC4C(=O)NC(=O)[C@H]4C(=O)[C@H]31)C1C(C)C[C@@H](C)C[C@@]21C. The minimum absolute atomic E-state index is 0.0265. The number of amides is 2. The Morgan fingerprint density at radius 3 is 2.43 bits per heavy atom. The first-order valence-electron chi connectivity index (χ1n) is 14.0. The van der Waals surface area contributed by atoms with Gasteiger partial charge in [-0.1, -0.05) is 57.6 Å². The number of benzene rings is 1. The van der Waals surface area contributed by atoms with Crippen LogP contribution in [0.1, 0.15) is 53.0 Å². The summed E-state index contributed by atoms with van der Waals surface area (Å²) >= 11 is 0. The number of rotatable bonds is 1. The van der Waals surface area contributed by atoms with Gasteiger partial charge in [0.2, 0.25) is 11.8 Å². The van der Waals surface area contributed by atoms with E-state index in [0.29, 0.717) is 18.3 Å². The van der Waals surface area contributed by atoms with Crippen molar-refractivity contribution in [2.24, 2.45) is 58.2 Å². The zero-order valence-electron chi connectivity index (χ0n) is 22.6. The van der Waals surface area contributed by atoms with Crippen molar-refractivity contribution in [3.63, 3.8) is 0 Å². The van der Waals surface area contributed by atoms with Gasteiger partial charge in [0.15, 0.2) is 5.78 Å². The summed E-state index contributed by atoms with van der Waals surface area (Å²) in [4.78, 5) is 40.9. The van der Waals surface area contributed by atoms with Crippen LogP contribution in [0.2, 0.25) is 0 Å². The lowest BCUT2D eigenvalue weighted by Gasteiger charge is -2.50. The second-order valence-corrected chi connectivity index (χ2v) is 13.3. The topological polar surface area (TPSA) is 72.5 Å². The second-order valence-electron chi connectivity index (χ2n) is 13.3. The van der Waals surface area contributed by atoms with Crippen molar-refractivity contribution in [3.05, 3.63) is 54.1 Å². The molecule has 3 aliphatic carbocycles. The van der Waals surface area contributed by atoms with Gasteiger partial charge in [-0.05, 0) is 67.1 Å². The molecule has 2 saturated carbocycles. The third-order valence-electron chi connectivity index (χ3n) is 10.8. The number of Topliss-reactive ketones (excluding diaryl/α,β-unsaturated/α-hetero) is 1. The maximum atomic E-state index is 14.7. The van der Waals surface area contributed by atoms with Crippen molar-refractivity contribution in [1.82, 2.24) is 5.32 Å². The third kappa shape index (κ3) is 3.38. The molecular weight excluding hydrogens is 462 g/mol. The largest absolute Gasteiger partial charge is 0.490 e. The van der Waals surface area contributed by atoms with Crippen LogP contribution < -0.4 is 10.1 Å². The Morgan fingerprint density at radius 1 is 1.05 bits per heavy atom. The quantitative estimate of drug-likeness (QED) is 0.328. The first-order chi connectivity index (χ1) is 17.5. The number of imide groups is 1. The highest BCUT2D eigenvalue weighted by Crippen LogP contribution is 2.68. The maximum absolute atomic E-state index is 14.7. The number of carbonyl (C=O) groups is 3. The molecule has 1 aromatic rings. The lowest BCUT2D eigenvalue weighted by molar-refractivity contribution is -0.141. The van der Waals surface area contributed by atoms with Crippen LogP contribution in [-0.4, -0.2) is 23.7 Å². The van der Waals surface area contributed by atoms with Gasteiger partial charge < -0.3 is 4.74 Å². The number of nitrogens with one attached hydrogen (secondary N) is 1. The molecule has 6 unspecified atom stereocenters. The molecule has 0 spiro atoms. The van der Waals surface area contributed by atoms with Crippen molar-refractivity contribution in [3.8, 4) is 5.75 Å². The van der Waals surface area contributed by atoms with Gasteiger partial charge in [0, 0.05) is 23.2 Å². The van der Waals surface area contributed by atoms with Gasteiger partial charge in [-0.15, -0.1) is 6.58 Å². The number of fused-ring (bicyclic) bond motifs is 4. The van der Waals surface area contributed by atoms with Crippen LogP contribution in [0, 0.1) is 58.2 Å². The molecular formula is C32H39NO4. The zero-order valence-corrected chi connectivity index (χ0v) is 22.6. The van der Waals surface area contributed by atoms with Crippen molar-refractivity contribution in [2.45, 2.75) is 60.0 Å². The number of hydrogen-bond acceptors (Lipinski definition) is 4. The Labute approximate surface area is 220 Å². The van der Waals surface area contributed by atoms with Gasteiger partial charge in [0.05, 0.1) is 5.92 Å². The first kappa shape index (κ1) is 24.6. The molecule has 37 heavy (non-hydrogen) atoms. The molecule has 2 bridgehead atoms. The van der Waals surface area contributed by atoms with E-state index in [2.05, 4.69) is 52.6 Å². The highest BCUT2D eigenvalue weighted by Gasteiger charge is 2.68. The summed E-state index contributed by atoms with van der Waals surface area (Å²) in [7, 11) is 0. The molecule has 1 aromatic carbocycles. The van der Waals surface area contributed by atoms with Gasteiger partial charge in [-0.3, -0.25) is 19.7 Å². The van der Waals surface area contributed by atoms with E-state index >= 15 is 0 Å².